The van der Waals surface area contributed by atoms with Gasteiger partial charge in [0.15, 0.2) is 0 Å². The van der Waals surface area contributed by atoms with Crippen LogP contribution in [-0.2, 0) is 19.5 Å². The second kappa shape index (κ2) is 13.5. The minimum Gasteiger partial charge on any atom is -0.0971 e. The van der Waals surface area contributed by atoms with E-state index in [1.165, 1.54) is 41.8 Å². The van der Waals surface area contributed by atoms with Crippen molar-refractivity contribution in [3.05, 3.63) is 35.9 Å². The summed E-state index contributed by atoms with van der Waals surface area (Å²) in [5, 5.41) is 0. The zero-order valence-corrected chi connectivity index (χ0v) is 20.2. The second-order valence-electron chi connectivity index (χ2n) is 8.98. The molecule has 3 saturated carbocycles. The number of hydrogen-bond donors (Lipinski definition) is 0. The summed E-state index contributed by atoms with van der Waals surface area (Å²) in [6.07, 6.45) is 23.6. The molecule has 0 unspecified atom stereocenters. The van der Waals surface area contributed by atoms with Gasteiger partial charge in [0.1, 0.15) is 0 Å². The molecule has 0 aromatic heterocycles. The molecule has 1 aromatic carbocycles. The van der Waals surface area contributed by atoms with Crippen LogP contribution in [0.4, 0.5) is 0 Å². The van der Waals surface area contributed by atoms with Crippen molar-refractivity contribution >= 4 is 7.92 Å². The van der Waals surface area contributed by atoms with Gasteiger partial charge < -0.3 is 0 Å². The summed E-state index contributed by atoms with van der Waals surface area (Å²) in [6.45, 7) is 2.08. The van der Waals surface area contributed by atoms with Gasteiger partial charge in [0, 0.05) is 19.5 Å². The normalized spacial score (nSPS) is 22.6. The molecule has 0 radical (unpaired) electrons. The summed E-state index contributed by atoms with van der Waals surface area (Å²) < 4.78 is 0. The Balaban J connectivity index is 0.000000278. The zero-order chi connectivity index (χ0) is 18.0. The summed E-state index contributed by atoms with van der Waals surface area (Å²) >= 11 is 0. The molecule has 3 aliphatic rings. The van der Waals surface area contributed by atoms with Gasteiger partial charge in [-0.15, -0.1) is 0 Å². The third-order valence-corrected chi connectivity index (χ3v) is 11.0. The number of rotatable bonds is 3. The van der Waals surface area contributed by atoms with Gasteiger partial charge in [-0.25, -0.2) is 0 Å². The van der Waals surface area contributed by atoms with Gasteiger partial charge in [-0.2, -0.15) is 0 Å². The van der Waals surface area contributed by atoms with Crippen LogP contribution in [0.2, 0.25) is 0 Å². The van der Waals surface area contributed by atoms with Crippen LogP contribution in [0.25, 0.3) is 0 Å². The maximum atomic E-state index is 2.08. The van der Waals surface area contributed by atoms with Gasteiger partial charge in [-0.3, -0.25) is 0 Å². The van der Waals surface area contributed by atoms with Gasteiger partial charge in [-0.05, 0) is 62.4 Å². The molecule has 0 saturated heterocycles. The van der Waals surface area contributed by atoms with Crippen molar-refractivity contribution in [3.8, 4) is 0 Å². The molecule has 4 rings (SSSR count). The van der Waals surface area contributed by atoms with Gasteiger partial charge >= 0.3 is 0 Å². The molecule has 154 valence electrons. The Bertz CT molecular complexity index is 428. The Morgan fingerprint density at radius 3 is 1.15 bits per heavy atom. The van der Waals surface area contributed by atoms with Crippen molar-refractivity contribution in [1.29, 1.82) is 0 Å². The molecule has 0 bridgehead atoms. The SMILES string of the molecule is C1CCC(P(C2CCCCC2)C2CCCCC2)CC1.Cc1ccccc1.[Ru]. The maximum Gasteiger partial charge on any atom is 0 e. The predicted octanol–water partition coefficient (Wildman–Crippen LogP) is 8.46. The summed E-state index contributed by atoms with van der Waals surface area (Å²) in [5.41, 5.74) is 4.89. The van der Waals surface area contributed by atoms with Crippen LogP contribution in [-0.4, -0.2) is 17.0 Å². The average molecular weight is 474 g/mol. The molecule has 0 amide bonds. The van der Waals surface area contributed by atoms with E-state index < -0.39 is 0 Å². The molecular formula is C25H41PRu. The van der Waals surface area contributed by atoms with E-state index in [2.05, 4.69) is 19.1 Å². The molecular weight excluding hydrogens is 432 g/mol. The van der Waals surface area contributed by atoms with E-state index in [0.717, 1.165) is 0 Å². The standard InChI is InChI=1S/C18H33P.C7H8.Ru/c1-4-10-16(11-5-1)19(17-12-6-2-7-13-17)18-14-8-3-9-15-18;1-7-5-3-2-4-6-7;/h16-18H,1-15H2;2-6H,1H3;. The summed E-state index contributed by atoms with van der Waals surface area (Å²) in [4.78, 5) is 0. The number of hydrogen-bond acceptors (Lipinski definition) is 0. The van der Waals surface area contributed by atoms with Crippen molar-refractivity contribution in [2.45, 2.75) is 120 Å². The molecule has 0 aliphatic heterocycles. The Morgan fingerprint density at radius 2 is 0.889 bits per heavy atom. The van der Waals surface area contributed by atoms with Crippen LogP contribution in [0, 0.1) is 6.92 Å². The van der Waals surface area contributed by atoms with Crippen molar-refractivity contribution in [3.63, 3.8) is 0 Å². The van der Waals surface area contributed by atoms with Gasteiger partial charge in [0.2, 0.25) is 0 Å². The quantitative estimate of drug-likeness (QED) is 0.305. The van der Waals surface area contributed by atoms with E-state index >= 15 is 0 Å². The minimum atomic E-state index is 0. The van der Waals surface area contributed by atoms with E-state index in [0.29, 0.717) is 7.92 Å². The molecule has 0 nitrogen and oxygen atoms in total. The molecule has 3 aliphatic carbocycles. The zero-order valence-electron chi connectivity index (χ0n) is 17.5. The van der Waals surface area contributed by atoms with Crippen LogP contribution < -0.4 is 0 Å². The first-order valence-corrected chi connectivity index (χ1v) is 13.2. The Morgan fingerprint density at radius 1 is 0.556 bits per heavy atom. The second-order valence-corrected chi connectivity index (χ2v) is 12.1. The monoisotopic (exact) mass is 474 g/mol. The largest absolute Gasteiger partial charge is 0.0971 e. The molecule has 27 heavy (non-hydrogen) atoms. The maximum absolute atomic E-state index is 2.08. The van der Waals surface area contributed by atoms with Crippen LogP contribution in [0.1, 0.15) is 102 Å². The first kappa shape index (κ1) is 23.6. The van der Waals surface area contributed by atoms with E-state index in [-0.39, 0.29) is 19.5 Å². The van der Waals surface area contributed by atoms with Crippen molar-refractivity contribution in [1.82, 2.24) is 0 Å². The Hall–Kier alpha value is 0.273. The van der Waals surface area contributed by atoms with Crippen molar-refractivity contribution in [2.24, 2.45) is 0 Å². The van der Waals surface area contributed by atoms with Crippen LogP contribution in [0.15, 0.2) is 30.3 Å². The van der Waals surface area contributed by atoms with E-state index in [9.17, 15) is 0 Å². The Kier molecular flexibility index (Phi) is 11.8. The predicted molar refractivity (Wildman–Crippen MR) is 119 cm³/mol. The molecule has 0 N–H and O–H groups in total. The van der Waals surface area contributed by atoms with Gasteiger partial charge in [0.25, 0.3) is 0 Å². The fraction of sp³-hybridized carbons (Fsp3) is 0.760. The van der Waals surface area contributed by atoms with Gasteiger partial charge in [0.05, 0.1) is 0 Å². The molecule has 0 heterocycles. The first-order valence-electron chi connectivity index (χ1n) is 11.6. The van der Waals surface area contributed by atoms with Crippen LogP contribution >= 0.6 is 7.92 Å². The molecule has 1 aromatic rings. The minimum absolute atomic E-state index is 0. The third-order valence-electron chi connectivity index (χ3n) is 6.93. The fourth-order valence-electron chi connectivity index (χ4n) is 5.57. The first-order chi connectivity index (χ1) is 12.8. The van der Waals surface area contributed by atoms with Crippen LogP contribution in [0.5, 0.6) is 0 Å². The molecule has 0 spiro atoms. The summed E-state index contributed by atoms with van der Waals surface area (Å²) in [6, 6.07) is 10.3. The number of benzene rings is 1. The third kappa shape index (κ3) is 7.90. The van der Waals surface area contributed by atoms with Crippen LogP contribution in [0.3, 0.4) is 0 Å². The molecule has 3 fully saturated rings. The Labute approximate surface area is 183 Å². The van der Waals surface area contributed by atoms with E-state index in [1.807, 2.05) is 18.2 Å². The van der Waals surface area contributed by atoms with Gasteiger partial charge in [-0.1, -0.05) is 102 Å². The van der Waals surface area contributed by atoms with E-state index in [1.54, 1.807) is 77.0 Å². The van der Waals surface area contributed by atoms with Crippen molar-refractivity contribution in [2.75, 3.05) is 0 Å². The van der Waals surface area contributed by atoms with Crippen molar-refractivity contribution < 1.29 is 19.5 Å². The smallest absolute Gasteiger partial charge is 0 e. The summed E-state index contributed by atoms with van der Waals surface area (Å²) in [7, 11) is 0.385. The summed E-state index contributed by atoms with van der Waals surface area (Å²) in [5.74, 6) is 0. The fourth-order valence-corrected chi connectivity index (χ4v) is 10.2. The topological polar surface area (TPSA) is 0 Å². The molecule has 0 atom stereocenters. The number of aryl methyl sites for hydroxylation is 1. The molecule has 2 heteroatoms. The average Bonchev–Trinajstić information content (AvgIpc) is 2.72. The van der Waals surface area contributed by atoms with E-state index in [4.69, 9.17) is 0 Å².